The Hall–Kier alpha value is -1.25. The van der Waals surface area contributed by atoms with Crippen molar-refractivity contribution in [1.82, 2.24) is 5.32 Å². The van der Waals surface area contributed by atoms with Crippen molar-refractivity contribution in [2.24, 2.45) is 0 Å². The van der Waals surface area contributed by atoms with Crippen LogP contribution in [0.25, 0.3) is 0 Å². The molecule has 1 rings (SSSR count). The molecule has 1 aliphatic rings. The molecule has 1 N–H and O–H groups in total. The number of carbonyl (C=O) groups excluding carboxylic acids is 1. The minimum Gasteiger partial charge on any atom is -0.462 e. The van der Waals surface area contributed by atoms with Crippen LogP contribution in [0.2, 0.25) is 0 Å². The van der Waals surface area contributed by atoms with Gasteiger partial charge in [0.1, 0.15) is 0 Å². The van der Waals surface area contributed by atoms with Crippen LogP contribution in [0.1, 0.15) is 6.42 Å². The van der Waals surface area contributed by atoms with Gasteiger partial charge in [0.25, 0.3) is 0 Å². The molecule has 3 heteroatoms. The largest absolute Gasteiger partial charge is 0.462 e. The summed E-state index contributed by atoms with van der Waals surface area (Å²) in [5, 5.41) is 2.90. The molecule has 10 heavy (non-hydrogen) atoms. The third-order valence-corrected chi connectivity index (χ3v) is 1.13. The van der Waals surface area contributed by atoms with Crippen LogP contribution in [-0.4, -0.2) is 12.6 Å². The van der Waals surface area contributed by atoms with Crippen molar-refractivity contribution < 1.29 is 9.53 Å². The van der Waals surface area contributed by atoms with Gasteiger partial charge in [-0.15, -0.1) is 0 Å². The van der Waals surface area contributed by atoms with Gasteiger partial charge in [0, 0.05) is 24.4 Å². The van der Waals surface area contributed by atoms with E-state index in [1.807, 2.05) is 6.20 Å². The fourth-order valence-corrected chi connectivity index (χ4v) is 0.516. The van der Waals surface area contributed by atoms with Crippen molar-refractivity contribution in [2.75, 3.05) is 6.61 Å². The highest BCUT2D eigenvalue weighted by Crippen LogP contribution is 2.05. The van der Waals surface area contributed by atoms with Gasteiger partial charge >= 0.3 is 5.97 Å². The molecule has 0 fully saturated rings. The lowest BCUT2D eigenvalue weighted by molar-refractivity contribution is -0.137. The van der Waals surface area contributed by atoms with Gasteiger partial charge in [0.15, 0.2) is 0 Å². The molecule has 0 aromatic carbocycles. The Kier molecular flexibility index (Phi) is 2.10. The lowest BCUT2D eigenvalue weighted by atomic mass is 10.4. The summed E-state index contributed by atoms with van der Waals surface area (Å²) in [6, 6.07) is 0. The zero-order valence-corrected chi connectivity index (χ0v) is 5.59. The van der Waals surface area contributed by atoms with E-state index in [1.54, 1.807) is 0 Å². The molecule has 54 valence electrons. The highest BCUT2D eigenvalue weighted by Gasteiger charge is 2.05. The van der Waals surface area contributed by atoms with Crippen LogP contribution in [0.3, 0.4) is 0 Å². The minimum absolute atomic E-state index is 0.360. The fourth-order valence-electron chi connectivity index (χ4n) is 0.516. The number of carbonyl (C=O) groups is 1. The fraction of sp³-hybridized carbons (Fsp3) is 0.286. The number of rotatable bonds is 4. The van der Waals surface area contributed by atoms with E-state index in [0.717, 1.165) is 18.2 Å². The molecule has 0 aromatic heterocycles. The van der Waals surface area contributed by atoms with E-state index in [4.69, 9.17) is 4.74 Å². The average Bonchev–Trinajstić information content (AvgIpc) is 2.71. The third kappa shape index (κ3) is 2.35. The van der Waals surface area contributed by atoms with E-state index < -0.39 is 0 Å². The Labute approximate surface area is 59.4 Å². The molecule has 0 atom stereocenters. The first-order chi connectivity index (χ1) is 4.83. The van der Waals surface area contributed by atoms with Gasteiger partial charge in [0.05, 0.1) is 6.61 Å². The van der Waals surface area contributed by atoms with Gasteiger partial charge in [-0.1, -0.05) is 6.58 Å². The van der Waals surface area contributed by atoms with Crippen molar-refractivity contribution in [2.45, 2.75) is 6.42 Å². The first-order valence-corrected chi connectivity index (χ1v) is 3.07. The van der Waals surface area contributed by atoms with Crippen LogP contribution >= 0.6 is 0 Å². The Morgan fingerprint density at radius 1 is 1.90 bits per heavy atom. The second kappa shape index (κ2) is 3.06. The lowest BCUT2D eigenvalue weighted by Crippen LogP contribution is -2.01. The van der Waals surface area contributed by atoms with Crippen LogP contribution in [0, 0.1) is 0 Å². The second-order valence-corrected chi connectivity index (χ2v) is 1.94. The summed E-state index contributed by atoms with van der Waals surface area (Å²) in [6.07, 6.45) is 3.82. The molecule has 1 heterocycles. The normalized spacial score (nSPS) is 13.0. The third-order valence-electron chi connectivity index (χ3n) is 1.13. The number of hydrogen-bond acceptors (Lipinski definition) is 3. The maximum atomic E-state index is 10.4. The van der Waals surface area contributed by atoms with E-state index >= 15 is 0 Å². The smallest absolute Gasteiger partial charge is 0.330 e. The topological polar surface area (TPSA) is 48.2 Å². The monoisotopic (exact) mass is 139 g/mol. The molecule has 1 aliphatic heterocycles. The van der Waals surface area contributed by atoms with Gasteiger partial charge < -0.3 is 10.1 Å². The van der Waals surface area contributed by atoms with Crippen LogP contribution in [0.15, 0.2) is 24.6 Å². The molecule has 0 spiro atoms. The molecular weight excluding hydrogens is 130 g/mol. The molecule has 0 bridgehead atoms. The van der Waals surface area contributed by atoms with Gasteiger partial charge in [-0.05, 0) is 0 Å². The van der Waals surface area contributed by atoms with Gasteiger partial charge in [-0.3, -0.25) is 0 Å². The van der Waals surface area contributed by atoms with Crippen LogP contribution < -0.4 is 5.32 Å². The van der Waals surface area contributed by atoms with Gasteiger partial charge in [-0.25, -0.2) is 4.79 Å². The molecule has 0 aliphatic carbocycles. The Balaban J connectivity index is 1.98. The first kappa shape index (κ1) is 6.86. The van der Waals surface area contributed by atoms with Gasteiger partial charge in [-0.2, -0.15) is 0 Å². The Morgan fingerprint density at radius 3 is 3.10 bits per heavy atom. The molecule has 0 aromatic rings. The highest BCUT2D eigenvalue weighted by atomic mass is 16.5. The number of hydrogen-bond donors (Lipinski definition) is 1. The van der Waals surface area contributed by atoms with E-state index in [-0.39, 0.29) is 5.97 Å². The van der Waals surface area contributed by atoms with Crippen LogP contribution in [0.4, 0.5) is 0 Å². The summed E-state index contributed by atoms with van der Waals surface area (Å²) in [7, 11) is 0. The minimum atomic E-state index is -0.360. The van der Waals surface area contributed by atoms with Crippen LogP contribution in [0.5, 0.6) is 0 Å². The van der Waals surface area contributed by atoms with E-state index in [9.17, 15) is 4.79 Å². The molecule has 0 saturated heterocycles. The summed E-state index contributed by atoms with van der Waals surface area (Å²) >= 11 is 0. The molecule has 0 unspecified atom stereocenters. The predicted octanol–water partition coefficient (Wildman–Crippen LogP) is 0.550. The molecule has 0 saturated carbocycles. The zero-order chi connectivity index (χ0) is 7.40. The molecule has 0 amide bonds. The van der Waals surface area contributed by atoms with Crippen LogP contribution in [-0.2, 0) is 9.53 Å². The summed E-state index contributed by atoms with van der Waals surface area (Å²) in [5.74, 6) is -0.360. The standard InChI is InChI=1S/C7H9NO2/c1-2-7(9)10-4-3-6-5-8-6/h2,5,8H,1,3-4H2. The molecule has 3 nitrogen and oxygen atoms in total. The number of ether oxygens (including phenoxy) is 1. The number of nitrogens with one attached hydrogen (secondary N) is 1. The summed E-state index contributed by atoms with van der Waals surface area (Å²) in [5.41, 5.74) is 1.14. The van der Waals surface area contributed by atoms with Gasteiger partial charge in [0.2, 0.25) is 0 Å². The van der Waals surface area contributed by atoms with E-state index in [1.165, 1.54) is 0 Å². The average molecular weight is 139 g/mol. The Bertz CT molecular complexity index is 184. The van der Waals surface area contributed by atoms with E-state index in [2.05, 4.69) is 11.9 Å². The quantitative estimate of drug-likeness (QED) is 0.457. The van der Waals surface area contributed by atoms with Crippen molar-refractivity contribution >= 4 is 5.97 Å². The van der Waals surface area contributed by atoms with Crippen molar-refractivity contribution in [1.29, 1.82) is 0 Å². The first-order valence-electron chi connectivity index (χ1n) is 3.07. The second-order valence-electron chi connectivity index (χ2n) is 1.94. The summed E-state index contributed by atoms with van der Waals surface area (Å²) < 4.78 is 4.70. The maximum absolute atomic E-state index is 10.4. The summed E-state index contributed by atoms with van der Waals surface area (Å²) in [6.45, 7) is 3.70. The Morgan fingerprint density at radius 2 is 2.60 bits per heavy atom. The molecule has 0 radical (unpaired) electrons. The van der Waals surface area contributed by atoms with Crippen molar-refractivity contribution in [3.05, 3.63) is 24.6 Å². The van der Waals surface area contributed by atoms with Crippen molar-refractivity contribution in [3.8, 4) is 0 Å². The molecular formula is C7H9NO2. The predicted molar refractivity (Wildman–Crippen MR) is 37.0 cm³/mol. The zero-order valence-electron chi connectivity index (χ0n) is 5.59. The van der Waals surface area contributed by atoms with E-state index in [0.29, 0.717) is 6.61 Å². The summed E-state index contributed by atoms with van der Waals surface area (Å²) in [4.78, 5) is 10.4. The maximum Gasteiger partial charge on any atom is 0.330 e. The lowest BCUT2D eigenvalue weighted by Gasteiger charge is -1.96. The highest BCUT2D eigenvalue weighted by molar-refractivity contribution is 5.81. The number of esters is 1. The SMILES string of the molecule is C=CC(=O)OCCC1=CN1. The van der Waals surface area contributed by atoms with Crippen molar-refractivity contribution in [3.63, 3.8) is 0 Å².